The summed E-state index contributed by atoms with van der Waals surface area (Å²) in [5.74, 6) is 0.543. The molecular formula is C18H27ClN4O2. The molecule has 3 heterocycles. The van der Waals surface area contributed by atoms with Gasteiger partial charge in [-0.15, -0.1) is 12.4 Å². The maximum Gasteiger partial charge on any atom is 0.241 e. The van der Waals surface area contributed by atoms with Crippen molar-refractivity contribution in [1.82, 2.24) is 21.1 Å². The van der Waals surface area contributed by atoms with Crippen LogP contribution < -0.4 is 16.2 Å². The average molecular weight is 367 g/mol. The molecule has 3 aliphatic rings. The second kappa shape index (κ2) is 8.47. The van der Waals surface area contributed by atoms with Crippen LogP contribution in [0.1, 0.15) is 12.0 Å². The number of carbonyl (C=O) groups is 1. The van der Waals surface area contributed by atoms with Crippen LogP contribution in [-0.2, 0) is 16.0 Å². The molecule has 0 aromatic heterocycles. The summed E-state index contributed by atoms with van der Waals surface area (Å²) in [5.41, 5.74) is 7.81. The number of ether oxygens (including phenoxy) is 1. The first kappa shape index (κ1) is 18.6. The van der Waals surface area contributed by atoms with E-state index in [0.717, 1.165) is 25.9 Å². The second-order valence-electron chi connectivity index (χ2n) is 7.00. The summed E-state index contributed by atoms with van der Waals surface area (Å²) in [6.45, 7) is 3.91. The van der Waals surface area contributed by atoms with Gasteiger partial charge in [-0.3, -0.25) is 10.2 Å². The Morgan fingerprint density at radius 1 is 1.24 bits per heavy atom. The van der Waals surface area contributed by atoms with Gasteiger partial charge in [-0.2, -0.15) is 0 Å². The third kappa shape index (κ3) is 4.15. The molecule has 1 aromatic rings. The Hall–Kier alpha value is -1.18. The van der Waals surface area contributed by atoms with E-state index in [1.54, 1.807) is 0 Å². The van der Waals surface area contributed by atoms with Crippen LogP contribution in [-0.4, -0.2) is 61.8 Å². The quantitative estimate of drug-likeness (QED) is 0.719. The highest BCUT2D eigenvalue weighted by Gasteiger charge is 2.43. The lowest BCUT2D eigenvalue weighted by Gasteiger charge is -2.36. The molecular weight excluding hydrogens is 340 g/mol. The molecule has 138 valence electrons. The lowest BCUT2D eigenvalue weighted by Crippen LogP contribution is -2.55. The molecule has 0 saturated carbocycles. The third-order valence-corrected chi connectivity index (χ3v) is 5.40. The summed E-state index contributed by atoms with van der Waals surface area (Å²) in [6.07, 6.45) is 2.01. The lowest BCUT2D eigenvalue weighted by molar-refractivity contribution is -0.141. The summed E-state index contributed by atoms with van der Waals surface area (Å²) in [7, 11) is 0. The highest BCUT2D eigenvalue weighted by atomic mass is 35.5. The van der Waals surface area contributed by atoms with E-state index in [4.69, 9.17) is 4.74 Å². The van der Waals surface area contributed by atoms with Crippen molar-refractivity contribution < 1.29 is 9.53 Å². The van der Waals surface area contributed by atoms with Crippen molar-refractivity contribution in [2.45, 2.75) is 31.0 Å². The monoisotopic (exact) mass is 366 g/mol. The van der Waals surface area contributed by atoms with Gasteiger partial charge in [0.1, 0.15) is 6.04 Å². The van der Waals surface area contributed by atoms with Crippen LogP contribution in [0.15, 0.2) is 30.3 Å². The van der Waals surface area contributed by atoms with Crippen molar-refractivity contribution in [3.05, 3.63) is 35.9 Å². The zero-order chi connectivity index (χ0) is 16.4. The molecule has 4 unspecified atom stereocenters. The Bertz CT molecular complexity index is 573. The van der Waals surface area contributed by atoms with Crippen LogP contribution in [0.3, 0.4) is 0 Å². The van der Waals surface area contributed by atoms with E-state index in [-0.39, 0.29) is 30.5 Å². The van der Waals surface area contributed by atoms with Gasteiger partial charge in [-0.05, 0) is 18.5 Å². The van der Waals surface area contributed by atoms with Gasteiger partial charge in [0.2, 0.25) is 5.91 Å². The van der Waals surface area contributed by atoms with Crippen LogP contribution in [0.25, 0.3) is 0 Å². The minimum absolute atomic E-state index is 0. The number of hydrogen-bond donors (Lipinski definition) is 3. The smallest absolute Gasteiger partial charge is 0.241 e. The normalized spacial score (nSPS) is 31.9. The summed E-state index contributed by atoms with van der Waals surface area (Å²) >= 11 is 0. The Kier molecular flexibility index (Phi) is 6.30. The van der Waals surface area contributed by atoms with Crippen LogP contribution in [0.2, 0.25) is 0 Å². The van der Waals surface area contributed by atoms with E-state index in [1.165, 1.54) is 5.56 Å². The maximum absolute atomic E-state index is 13.0. The summed E-state index contributed by atoms with van der Waals surface area (Å²) < 4.78 is 5.89. The molecule has 1 aromatic carbocycles. The van der Waals surface area contributed by atoms with Gasteiger partial charge in [-0.25, -0.2) is 5.43 Å². The topological polar surface area (TPSA) is 65.6 Å². The highest BCUT2D eigenvalue weighted by Crippen LogP contribution is 2.22. The Labute approximate surface area is 155 Å². The van der Waals surface area contributed by atoms with Gasteiger partial charge in [-0.1, -0.05) is 30.3 Å². The molecule has 4 atom stereocenters. The first-order chi connectivity index (χ1) is 11.8. The number of benzene rings is 1. The van der Waals surface area contributed by atoms with Gasteiger partial charge in [0, 0.05) is 38.0 Å². The average Bonchev–Trinajstić information content (AvgIpc) is 3.06. The first-order valence-corrected chi connectivity index (χ1v) is 8.97. The largest absolute Gasteiger partial charge is 0.374 e. The molecule has 25 heavy (non-hydrogen) atoms. The summed E-state index contributed by atoms with van der Waals surface area (Å²) in [6, 6.07) is 10.6. The number of morpholine rings is 1. The molecule has 3 aliphatic heterocycles. The Morgan fingerprint density at radius 2 is 2.08 bits per heavy atom. The van der Waals surface area contributed by atoms with Crippen molar-refractivity contribution in [3.63, 3.8) is 0 Å². The SMILES string of the molecule is Cl.O=C(C1NNC2CCNCC21)N1CCOC(Cc2ccccc2)C1. The third-order valence-electron chi connectivity index (χ3n) is 5.40. The number of piperidine rings is 1. The fraction of sp³-hybridized carbons (Fsp3) is 0.611. The number of rotatable bonds is 3. The minimum Gasteiger partial charge on any atom is -0.374 e. The predicted molar refractivity (Wildman–Crippen MR) is 98.5 cm³/mol. The molecule has 1 amide bonds. The number of hydrazine groups is 1. The zero-order valence-electron chi connectivity index (χ0n) is 14.3. The molecule has 0 aliphatic carbocycles. The molecule has 3 saturated heterocycles. The maximum atomic E-state index is 13.0. The van der Waals surface area contributed by atoms with Crippen LogP contribution in [0.4, 0.5) is 0 Å². The van der Waals surface area contributed by atoms with Crippen molar-refractivity contribution >= 4 is 18.3 Å². The number of carbonyl (C=O) groups excluding carboxylic acids is 1. The minimum atomic E-state index is -0.127. The van der Waals surface area contributed by atoms with Crippen molar-refractivity contribution in [1.29, 1.82) is 0 Å². The number of nitrogens with one attached hydrogen (secondary N) is 3. The number of fused-ring (bicyclic) bond motifs is 1. The van der Waals surface area contributed by atoms with Gasteiger partial charge in [0.25, 0.3) is 0 Å². The molecule has 7 heteroatoms. The molecule has 3 N–H and O–H groups in total. The van der Waals surface area contributed by atoms with Gasteiger partial charge in [0.05, 0.1) is 12.7 Å². The molecule has 0 spiro atoms. The van der Waals surface area contributed by atoms with E-state index in [2.05, 4.69) is 28.3 Å². The number of nitrogens with zero attached hydrogens (tertiary/aromatic N) is 1. The van der Waals surface area contributed by atoms with Gasteiger partial charge < -0.3 is 15.0 Å². The van der Waals surface area contributed by atoms with Crippen molar-refractivity contribution in [2.75, 3.05) is 32.8 Å². The zero-order valence-corrected chi connectivity index (χ0v) is 15.1. The Balaban J connectivity index is 0.00000182. The molecule has 0 radical (unpaired) electrons. The lowest BCUT2D eigenvalue weighted by atomic mass is 9.88. The van der Waals surface area contributed by atoms with E-state index < -0.39 is 0 Å². The van der Waals surface area contributed by atoms with Crippen molar-refractivity contribution in [2.24, 2.45) is 5.92 Å². The summed E-state index contributed by atoms with van der Waals surface area (Å²) in [5, 5.41) is 3.41. The van der Waals surface area contributed by atoms with Crippen LogP contribution in [0.5, 0.6) is 0 Å². The number of amides is 1. The van der Waals surface area contributed by atoms with E-state index >= 15 is 0 Å². The Morgan fingerprint density at radius 3 is 2.92 bits per heavy atom. The number of halogens is 1. The van der Waals surface area contributed by atoms with Crippen molar-refractivity contribution in [3.8, 4) is 0 Å². The standard InChI is InChI=1S/C18H26N4O2.ClH/c23-18(17-15-11-19-7-6-16(15)20-21-17)22-8-9-24-14(12-22)10-13-4-2-1-3-5-13;/h1-5,14-17,19-21H,6-12H2;1H. The molecule has 0 bridgehead atoms. The molecule has 4 rings (SSSR count). The van der Waals surface area contributed by atoms with Crippen LogP contribution in [0, 0.1) is 5.92 Å². The fourth-order valence-electron chi connectivity index (χ4n) is 4.08. The van der Waals surface area contributed by atoms with Gasteiger partial charge >= 0.3 is 0 Å². The predicted octanol–water partition coefficient (Wildman–Crippen LogP) is 0.333. The molecule has 6 nitrogen and oxygen atoms in total. The van der Waals surface area contributed by atoms with Gasteiger partial charge in [0.15, 0.2) is 0 Å². The first-order valence-electron chi connectivity index (χ1n) is 8.97. The summed E-state index contributed by atoms with van der Waals surface area (Å²) in [4.78, 5) is 15.0. The highest BCUT2D eigenvalue weighted by molar-refractivity contribution is 5.85. The molecule has 3 fully saturated rings. The second-order valence-corrected chi connectivity index (χ2v) is 7.00. The number of hydrogen-bond acceptors (Lipinski definition) is 5. The van der Waals surface area contributed by atoms with E-state index in [9.17, 15) is 4.79 Å². The van der Waals surface area contributed by atoms with E-state index in [1.807, 2.05) is 23.1 Å². The van der Waals surface area contributed by atoms with Crippen LogP contribution >= 0.6 is 12.4 Å². The fourth-order valence-corrected chi connectivity index (χ4v) is 4.08. The van der Waals surface area contributed by atoms with E-state index in [0.29, 0.717) is 31.7 Å².